The lowest BCUT2D eigenvalue weighted by Crippen LogP contribution is -2.33. The molecule has 0 fully saturated rings. The SMILES string of the molecule is CC(CCc1ccccc1)NC(=O)c1c(N)n(/N=C/c2ccccc2O)c2nc3ccccc3nc12. The topological polar surface area (TPSA) is 118 Å². The van der Waals surface area contributed by atoms with E-state index in [-0.39, 0.29) is 29.1 Å². The number of nitrogens with two attached hydrogens (primary N) is 1. The van der Waals surface area contributed by atoms with Crippen molar-refractivity contribution in [3.63, 3.8) is 0 Å². The lowest BCUT2D eigenvalue weighted by Gasteiger charge is -2.14. The van der Waals surface area contributed by atoms with Gasteiger partial charge in [-0.15, -0.1) is 0 Å². The zero-order valence-electron chi connectivity index (χ0n) is 19.8. The van der Waals surface area contributed by atoms with Crippen LogP contribution >= 0.6 is 0 Å². The largest absolute Gasteiger partial charge is 0.507 e. The fourth-order valence-electron chi connectivity index (χ4n) is 4.10. The summed E-state index contributed by atoms with van der Waals surface area (Å²) >= 11 is 0. The quantitative estimate of drug-likeness (QED) is 0.298. The molecule has 1 amide bonds. The second-order valence-corrected chi connectivity index (χ2v) is 8.66. The molecule has 3 aromatic carbocycles. The summed E-state index contributed by atoms with van der Waals surface area (Å²) < 4.78 is 1.39. The first-order valence-electron chi connectivity index (χ1n) is 11.7. The minimum absolute atomic E-state index is 0.0815. The molecule has 1 unspecified atom stereocenters. The Morgan fingerprint density at radius 2 is 1.69 bits per heavy atom. The molecular weight excluding hydrogens is 452 g/mol. The van der Waals surface area contributed by atoms with Crippen molar-refractivity contribution in [3.05, 3.63) is 95.6 Å². The molecule has 2 heterocycles. The Labute approximate surface area is 208 Å². The number of rotatable bonds is 7. The fraction of sp³-hybridized carbons (Fsp3) is 0.143. The van der Waals surface area contributed by atoms with Gasteiger partial charge < -0.3 is 16.2 Å². The van der Waals surface area contributed by atoms with Crippen molar-refractivity contribution in [2.24, 2.45) is 5.10 Å². The molecule has 0 aliphatic carbocycles. The Morgan fingerprint density at radius 1 is 1.03 bits per heavy atom. The van der Waals surface area contributed by atoms with E-state index in [1.807, 2.05) is 49.4 Å². The zero-order valence-corrected chi connectivity index (χ0v) is 19.8. The van der Waals surface area contributed by atoms with Gasteiger partial charge in [-0.3, -0.25) is 4.79 Å². The van der Waals surface area contributed by atoms with Crippen molar-refractivity contribution >= 4 is 40.1 Å². The molecule has 5 aromatic rings. The number of phenols is 1. The van der Waals surface area contributed by atoms with Gasteiger partial charge in [-0.05, 0) is 49.6 Å². The first-order valence-corrected chi connectivity index (χ1v) is 11.7. The van der Waals surface area contributed by atoms with E-state index in [1.54, 1.807) is 24.3 Å². The first kappa shape index (κ1) is 23.0. The number of aromatic hydroxyl groups is 1. The summed E-state index contributed by atoms with van der Waals surface area (Å²) in [7, 11) is 0. The Hall–Kier alpha value is -4.72. The number of anilines is 1. The molecule has 180 valence electrons. The lowest BCUT2D eigenvalue weighted by atomic mass is 10.1. The van der Waals surface area contributed by atoms with Gasteiger partial charge in [0.25, 0.3) is 5.91 Å². The lowest BCUT2D eigenvalue weighted by molar-refractivity contribution is 0.0940. The van der Waals surface area contributed by atoms with Crippen LogP contribution in [0.3, 0.4) is 0 Å². The second-order valence-electron chi connectivity index (χ2n) is 8.66. The molecule has 8 nitrogen and oxygen atoms in total. The average molecular weight is 479 g/mol. The number of carbonyl (C=O) groups excluding carboxylic acids is 1. The summed E-state index contributed by atoms with van der Waals surface area (Å²) in [6.45, 7) is 1.97. The molecule has 0 radical (unpaired) electrons. The number of fused-ring (bicyclic) bond motifs is 2. The monoisotopic (exact) mass is 478 g/mol. The van der Waals surface area contributed by atoms with Crippen molar-refractivity contribution in [3.8, 4) is 5.75 Å². The molecule has 8 heteroatoms. The van der Waals surface area contributed by atoms with Crippen LogP contribution in [0, 0.1) is 0 Å². The van der Waals surface area contributed by atoms with Gasteiger partial charge in [-0.1, -0.05) is 54.6 Å². The van der Waals surface area contributed by atoms with Crippen LogP contribution in [-0.4, -0.2) is 37.9 Å². The number of phenolic OH excluding ortho intramolecular Hbond substituents is 1. The van der Waals surface area contributed by atoms with E-state index in [9.17, 15) is 9.90 Å². The van der Waals surface area contributed by atoms with Crippen LogP contribution in [0.15, 0.2) is 84.0 Å². The number of hydrogen-bond donors (Lipinski definition) is 3. The number of aryl methyl sites for hydroxylation is 1. The van der Waals surface area contributed by atoms with Gasteiger partial charge in [-0.2, -0.15) is 9.78 Å². The van der Waals surface area contributed by atoms with E-state index in [4.69, 9.17) is 15.7 Å². The molecule has 0 aliphatic rings. The maximum absolute atomic E-state index is 13.4. The molecular formula is C28H26N6O2. The van der Waals surface area contributed by atoms with Crippen molar-refractivity contribution in [1.82, 2.24) is 20.0 Å². The molecule has 2 aromatic heterocycles. The fourth-order valence-corrected chi connectivity index (χ4v) is 4.10. The third kappa shape index (κ3) is 4.61. The molecule has 4 N–H and O–H groups in total. The maximum atomic E-state index is 13.4. The van der Waals surface area contributed by atoms with E-state index in [0.29, 0.717) is 27.8 Å². The van der Waals surface area contributed by atoms with E-state index in [0.717, 1.165) is 12.8 Å². The molecule has 5 rings (SSSR count). The molecule has 0 spiro atoms. The van der Waals surface area contributed by atoms with E-state index in [1.165, 1.54) is 16.5 Å². The summed E-state index contributed by atoms with van der Waals surface area (Å²) in [6, 6.07) is 24.3. The number of carbonyl (C=O) groups is 1. The third-order valence-corrected chi connectivity index (χ3v) is 6.04. The number of para-hydroxylation sites is 3. The van der Waals surface area contributed by atoms with Gasteiger partial charge in [0.2, 0.25) is 0 Å². The smallest absolute Gasteiger partial charge is 0.257 e. The van der Waals surface area contributed by atoms with Gasteiger partial charge in [0.05, 0.1) is 17.2 Å². The summed E-state index contributed by atoms with van der Waals surface area (Å²) in [5, 5.41) is 17.6. The Bertz CT molecular complexity index is 1580. The third-order valence-electron chi connectivity index (χ3n) is 6.04. The van der Waals surface area contributed by atoms with Crippen molar-refractivity contribution < 1.29 is 9.90 Å². The minimum Gasteiger partial charge on any atom is -0.507 e. The number of nitrogen functional groups attached to an aromatic ring is 1. The number of nitrogens with zero attached hydrogens (tertiary/aromatic N) is 4. The number of benzene rings is 3. The minimum atomic E-state index is -0.334. The number of aromatic nitrogens is 3. The highest BCUT2D eigenvalue weighted by molar-refractivity contribution is 6.10. The van der Waals surface area contributed by atoms with E-state index >= 15 is 0 Å². The molecule has 0 saturated carbocycles. The van der Waals surface area contributed by atoms with Crippen molar-refractivity contribution in [2.45, 2.75) is 25.8 Å². The van der Waals surface area contributed by atoms with Crippen LogP contribution in [0.4, 0.5) is 5.82 Å². The van der Waals surface area contributed by atoms with Crippen LogP contribution in [-0.2, 0) is 6.42 Å². The van der Waals surface area contributed by atoms with E-state index in [2.05, 4.69) is 22.6 Å². The molecule has 0 saturated heterocycles. The zero-order chi connectivity index (χ0) is 25.1. The predicted molar refractivity (Wildman–Crippen MR) is 142 cm³/mol. The normalized spacial score (nSPS) is 12.4. The highest BCUT2D eigenvalue weighted by Gasteiger charge is 2.25. The Morgan fingerprint density at radius 3 is 2.44 bits per heavy atom. The second kappa shape index (κ2) is 9.87. The van der Waals surface area contributed by atoms with Gasteiger partial charge in [-0.25, -0.2) is 9.97 Å². The van der Waals surface area contributed by atoms with Crippen LogP contribution in [0.5, 0.6) is 5.75 Å². The summed E-state index contributed by atoms with van der Waals surface area (Å²) in [5.41, 5.74) is 10.5. The van der Waals surface area contributed by atoms with Crippen LogP contribution < -0.4 is 11.1 Å². The Balaban J connectivity index is 1.51. The number of nitrogens with one attached hydrogen (secondary N) is 1. The standard InChI is InChI=1S/C28H26N6O2/c1-18(15-16-19-9-3-2-4-10-19)31-28(36)24-25-27(33-22-13-7-6-12-21(22)32-25)34(26(24)29)30-17-20-11-5-8-14-23(20)35/h2-14,17-18,35H,15-16,29H2,1H3,(H,31,36)/b30-17+. The van der Waals surface area contributed by atoms with Crippen LogP contribution in [0.1, 0.15) is 34.8 Å². The van der Waals surface area contributed by atoms with Gasteiger partial charge in [0.15, 0.2) is 5.65 Å². The molecule has 0 aliphatic heterocycles. The van der Waals surface area contributed by atoms with Gasteiger partial charge >= 0.3 is 0 Å². The van der Waals surface area contributed by atoms with Gasteiger partial charge in [0, 0.05) is 11.6 Å². The highest BCUT2D eigenvalue weighted by atomic mass is 16.3. The predicted octanol–water partition coefficient (Wildman–Crippen LogP) is 4.51. The maximum Gasteiger partial charge on any atom is 0.257 e. The van der Waals surface area contributed by atoms with Crippen LogP contribution in [0.2, 0.25) is 0 Å². The molecule has 1 atom stereocenters. The van der Waals surface area contributed by atoms with E-state index < -0.39 is 0 Å². The van der Waals surface area contributed by atoms with Gasteiger partial charge in [0.1, 0.15) is 22.6 Å². The summed E-state index contributed by atoms with van der Waals surface area (Å²) in [5.74, 6) is -0.128. The number of amides is 1. The molecule has 36 heavy (non-hydrogen) atoms. The first-order chi connectivity index (χ1) is 17.5. The highest BCUT2D eigenvalue weighted by Crippen LogP contribution is 2.28. The Kier molecular flexibility index (Phi) is 6.32. The van der Waals surface area contributed by atoms with Crippen molar-refractivity contribution in [2.75, 3.05) is 5.73 Å². The molecule has 0 bridgehead atoms. The summed E-state index contributed by atoms with van der Waals surface area (Å²) in [4.78, 5) is 22.8. The summed E-state index contributed by atoms with van der Waals surface area (Å²) in [6.07, 6.45) is 3.09. The average Bonchev–Trinajstić information content (AvgIpc) is 3.16. The number of hydrogen-bond acceptors (Lipinski definition) is 6. The van der Waals surface area contributed by atoms with Crippen LogP contribution in [0.25, 0.3) is 22.2 Å². The van der Waals surface area contributed by atoms with Crippen molar-refractivity contribution in [1.29, 1.82) is 0 Å².